The van der Waals surface area contributed by atoms with Crippen LogP contribution in [0.5, 0.6) is 17.2 Å². The van der Waals surface area contributed by atoms with E-state index in [-0.39, 0.29) is 41.4 Å². The van der Waals surface area contributed by atoms with Crippen LogP contribution < -0.4 is 15.0 Å². The van der Waals surface area contributed by atoms with Crippen molar-refractivity contribution >= 4 is 28.3 Å². The topological polar surface area (TPSA) is 107 Å². The van der Waals surface area contributed by atoms with Crippen LogP contribution in [0.15, 0.2) is 35.1 Å². The van der Waals surface area contributed by atoms with Gasteiger partial charge in [0, 0.05) is 18.7 Å². The lowest BCUT2D eigenvalue weighted by molar-refractivity contribution is 0.0587. The zero-order valence-electron chi connectivity index (χ0n) is 17.3. The molecule has 0 bridgehead atoms. The zero-order valence-corrected chi connectivity index (χ0v) is 18.0. The predicted octanol–water partition coefficient (Wildman–Crippen LogP) is 3.21. The van der Waals surface area contributed by atoms with Crippen LogP contribution in [-0.4, -0.2) is 48.7 Å². The van der Waals surface area contributed by atoms with Gasteiger partial charge in [-0.05, 0) is 47.7 Å². The van der Waals surface area contributed by atoms with Crippen LogP contribution in [-0.2, 0) is 11.3 Å². The van der Waals surface area contributed by atoms with Crippen molar-refractivity contribution in [1.29, 1.82) is 0 Å². The molecule has 2 aromatic carbocycles. The van der Waals surface area contributed by atoms with E-state index in [1.54, 1.807) is 18.2 Å². The Morgan fingerprint density at radius 1 is 1.06 bits per heavy atom. The number of hydrogen-bond acceptors (Lipinski definition) is 7. The first-order valence-corrected chi connectivity index (χ1v) is 9.76. The van der Waals surface area contributed by atoms with Crippen LogP contribution in [0.25, 0.3) is 21.9 Å². The third-order valence-corrected chi connectivity index (χ3v) is 5.28. The first kappa shape index (κ1) is 22.5. The first-order valence-electron chi connectivity index (χ1n) is 9.38. The maximum Gasteiger partial charge on any atom is 0.355 e. The fourth-order valence-electron chi connectivity index (χ4n) is 3.49. The van der Waals surface area contributed by atoms with Gasteiger partial charge in [0.15, 0.2) is 0 Å². The Hall–Kier alpha value is -3.23. The molecule has 3 aromatic rings. The quantitative estimate of drug-likeness (QED) is 0.535. The van der Waals surface area contributed by atoms with Gasteiger partial charge in [0.05, 0.1) is 26.7 Å². The summed E-state index contributed by atoms with van der Waals surface area (Å²) in [7, 11) is 4.12. The van der Waals surface area contributed by atoms with Gasteiger partial charge in [-0.15, -0.1) is 0 Å². The minimum absolute atomic E-state index is 0.00516. The van der Waals surface area contributed by atoms with Gasteiger partial charge in [0.25, 0.3) is 5.56 Å². The molecule has 8 nitrogen and oxygen atoms in total. The molecule has 0 radical (unpaired) electrons. The molecular formula is C22H22ClNO7. The fraction of sp³-hybridized carbons (Fsp3) is 0.273. The van der Waals surface area contributed by atoms with Crippen molar-refractivity contribution in [2.45, 2.75) is 13.0 Å². The monoisotopic (exact) mass is 447 g/mol. The van der Waals surface area contributed by atoms with Crippen molar-refractivity contribution < 1.29 is 29.2 Å². The van der Waals surface area contributed by atoms with Crippen LogP contribution in [0.1, 0.15) is 16.9 Å². The Labute approximate surface area is 183 Å². The van der Waals surface area contributed by atoms with E-state index in [1.165, 1.54) is 38.0 Å². The summed E-state index contributed by atoms with van der Waals surface area (Å²) in [6.07, 6.45) is 0.237. The van der Waals surface area contributed by atoms with Gasteiger partial charge >= 0.3 is 5.97 Å². The van der Waals surface area contributed by atoms with Crippen LogP contribution >= 0.6 is 11.6 Å². The molecule has 2 N–H and O–H groups in total. The summed E-state index contributed by atoms with van der Waals surface area (Å²) in [4.78, 5) is 26.1. The van der Waals surface area contributed by atoms with E-state index in [1.807, 2.05) is 0 Å². The number of carbonyl (C=O) groups excluding carboxylic acids is 1. The van der Waals surface area contributed by atoms with Crippen LogP contribution in [0.2, 0.25) is 5.02 Å². The number of pyridine rings is 1. The van der Waals surface area contributed by atoms with Crippen molar-refractivity contribution in [2.75, 3.05) is 27.9 Å². The normalized spacial score (nSPS) is 10.9. The molecule has 0 aliphatic rings. The largest absolute Gasteiger partial charge is 0.508 e. The average molecular weight is 448 g/mol. The molecule has 0 aliphatic heterocycles. The summed E-state index contributed by atoms with van der Waals surface area (Å²) in [5.74, 6) is -0.201. The van der Waals surface area contributed by atoms with E-state index in [4.69, 9.17) is 25.8 Å². The number of hydrogen-bond donors (Lipinski definition) is 2. The molecule has 1 aromatic heterocycles. The summed E-state index contributed by atoms with van der Waals surface area (Å²) in [5, 5.41) is 20.1. The second-order valence-electron chi connectivity index (χ2n) is 6.67. The number of esters is 1. The molecule has 31 heavy (non-hydrogen) atoms. The average Bonchev–Trinajstić information content (AvgIpc) is 2.78. The summed E-state index contributed by atoms with van der Waals surface area (Å²) in [6.45, 7) is -0.108. The molecule has 0 fully saturated rings. The third kappa shape index (κ3) is 4.04. The Morgan fingerprint density at radius 2 is 1.71 bits per heavy atom. The standard InChI is InChI=1S/C22H22ClNO7/c1-29-16-9-12(10-17(30-2)19(16)23)18-14-6-5-13(26)11-15(14)21(27)24(7-4-8-25)20(18)22(28)31-3/h5-6,9-11,25-26H,4,7-8H2,1-3H3. The molecule has 0 atom stereocenters. The van der Waals surface area contributed by atoms with Gasteiger partial charge in [-0.25, -0.2) is 4.79 Å². The molecule has 0 aliphatic carbocycles. The third-order valence-electron chi connectivity index (χ3n) is 4.91. The van der Waals surface area contributed by atoms with E-state index in [0.717, 1.165) is 0 Å². The van der Waals surface area contributed by atoms with Crippen molar-refractivity contribution in [2.24, 2.45) is 0 Å². The number of aliphatic hydroxyl groups is 1. The van der Waals surface area contributed by atoms with Gasteiger partial charge in [-0.2, -0.15) is 0 Å². The highest BCUT2D eigenvalue weighted by Gasteiger charge is 2.25. The highest BCUT2D eigenvalue weighted by molar-refractivity contribution is 6.33. The smallest absolute Gasteiger partial charge is 0.355 e. The lowest BCUT2D eigenvalue weighted by atomic mass is 9.95. The van der Waals surface area contributed by atoms with Gasteiger partial charge < -0.3 is 29.0 Å². The molecule has 0 saturated heterocycles. The summed E-state index contributed by atoms with van der Waals surface area (Å²) >= 11 is 6.30. The Bertz CT molecular complexity index is 1180. The number of phenolic OH excluding ortho intramolecular Hbond substituents is 1. The van der Waals surface area contributed by atoms with Crippen molar-refractivity contribution in [1.82, 2.24) is 4.57 Å². The number of benzene rings is 2. The van der Waals surface area contributed by atoms with Crippen LogP contribution in [0.4, 0.5) is 0 Å². The summed E-state index contributed by atoms with van der Waals surface area (Å²) in [6, 6.07) is 7.56. The fourth-order valence-corrected chi connectivity index (χ4v) is 3.76. The molecule has 164 valence electrons. The predicted molar refractivity (Wildman–Crippen MR) is 116 cm³/mol. The number of methoxy groups -OCH3 is 3. The highest BCUT2D eigenvalue weighted by atomic mass is 35.5. The van der Waals surface area contributed by atoms with Gasteiger partial charge in [-0.1, -0.05) is 11.6 Å². The number of aromatic nitrogens is 1. The van der Waals surface area contributed by atoms with E-state index in [9.17, 15) is 19.8 Å². The van der Waals surface area contributed by atoms with Crippen LogP contribution in [0.3, 0.4) is 0 Å². The first-order chi connectivity index (χ1) is 14.9. The van der Waals surface area contributed by atoms with Crippen molar-refractivity contribution in [3.05, 3.63) is 51.4 Å². The number of phenols is 1. The Balaban J connectivity index is 2.54. The lowest BCUT2D eigenvalue weighted by Crippen LogP contribution is -2.28. The van der Waals surface area contributed by atoms with Crippen molar-refractivity contribution in [3.8, 4) is 28.4 Å². The summed E-state index contributed by atoms with van der Waals surface area (Å²) in [5.41, 5.74) is 0.390. The number of aromatic hydroxyl groups is 1. The lowest BCUT2D eigenvalue weighted by Gasteiger charge is -2.20. The van der Waals surface area contributed by atoms with E-state index >= 15 is 0 Å². The number of halogens is 1. The Kier molecular flexibility index (Phi) is 6.72. The van der Waals surface area contributed by atoms with Gasteiger partial charge in [0.2, 0.25) is 0 Å². The van der Waals surface area contributed by atoms with Crippen molar-refractivity contribution in [3.63, 3.8) is 0 Å². The van der Waals surface area contributed by atoms with E-state index in [2.05, 4.69) is 0 Å². The number of rotatable bonds is 7. The Morgan fingerprint density at radius 3 is 2.26 bits per heavy atom. The number of aliphatic hydroxyl groups excluding tert-OH is 1. The molecule has 1 heterocycles. The highest BCUT2D eigenvalue weighted by Crippen LogP contribution is 2.41. The molecule has 9 heteroatoms. The van der Waals surface area contributed by atoms with E-state index in [0.29, 0.717) is 28.0 Å². The minimum atomic E-state index is -0.729. The molecule has 0 saturated carbocycles. The maximum atomic E-state index is 13.2. The molecule has 0 amide bonds. The summed E-state index contributed by atoms with van der Waals surface area (Å²) < 4.78 is 16.9. The maximum absolute atomic E-state index is 13.2. The van der Waals surface area contributed by atoms with Gasteiger partial charge in [-0.3, -0.25) is 4.79 Å². The SMILES string of the molecule is COC(=O)c1c(-c2cc(OC)c(Cl)c(OC)c2)c2ccc(O)cc2c(=O)n1CCCO. The molecule has 0 spiro atoms. The number of carbonyl (C=O) groups is 1. The second-order valence-corrected chi connectivity index (χ2v) is 7.05. The number of fused-ring (bicyclic) bond motifs is 1. The molecule has 3 rings (SSSR count). The number of ether oxygens (including phenoxy) is 3. The van der Waals surface area contributed by atoms with E-state index < -0.39 is 11.5 Å². The zero-order chi connectivity index (χ0) is 22.7. The second kappa shape index (κ2) is 9.28. The minimum Gasteiger partial charge on any atom is -0.508 e. The molecular weight excluding hydrogens is 426 g/mol. The van der Waals surface area contributed by atoms with Crippen LogP contribution in [0, 0.1) is 0 Å². The van der Waals surface area contributed by atoms with Gasteiger partial charge in [0.1, 0.15) is 28.0 Å². The number of nitrogens with zero attached hydrogens (tertiary/aromatic N) is 1. The molecule has 0 unspecified atom stereocenters.